The largest absolute Gasteiger partial charge is 0.329 e. The molecule has 3 rings (SSSR count). The second kappa shape index (κ2) is 5.54. The minimum atomic E-state index is -0.744. The average Bonchev–Trinajstić information content (AvgIpc) is 2.94. The van der Waals surface area contributed by atoms with Crippen LogP contribution in [0.3, 0.4) is 0 Å². The first-order chi connectivity index (χ1) is 11.8. The van der Waals surface area contributed by atoms with E-state index in [9.17, 15) is 14.4 Å². The van der Waals surface area contributed by atoms with Crippen LogP contribution in [0.15, 0.2) is 9.59 Å². The van der Waals surface area contributed by atoms with Gasteiger partial charge in [0.05, 0.1) is 5.54 Å². The van der Waals surface area contributed by atoms with Gasteiger partial charge in [0, 0.05) is 20.6 Å². The van der Waals surface area contributed by atoms with E-state index in [2.05, 4.69) is 36.1 Å². The van der Waals surface area contributed by atoms with Crippen molar-refractivity contribution in [2.24, 2.45) is 19.5 Å². The molecule has 0 aliphatic carbocycles. The van der Waals surface area contributed by atoms with Gasteiger partial charge in [-0.15, -0.1) is 0 Å². The highest BCUT2D eigenvalue weighted by Crippen LogP contribution is 2.33. The van der Waals surface area contributed by atoms with Gasteiger partial charge in [-0.3, -0.25) is 24.5 Å². The number of fused-ring (bicyclic) bond motifs is 1. The molecule has 0 aromatic carbocycles. The first-order valence-corrected chi connectivity index (χ1v) is 8.58. The summed E-state index contributed by atoms with van der Waals surface area (Å²) >= 11 is 0. The molecule has 26 heavy (non-hydrogen) atoms. The number of carbonyl (C=O) groups excluding carboxylic acids is 1. The van der Waals surface area contributed by atoms with Crippen LogP contribution in [-0.2, 0) is 18.9 Å². The molecule has 2 N–H and O–H groups in total. The van der Waals surface area contributed by atoms with E-state index in [0.29, 0.717) is 23.5 Å². The molecule has 0 spiro atoms. The summed E-state index contributed by atoms with van der Waals surface area (Å²) in [5, 5.41) is 3.32. The number of imidazole rings is 1. The SMILES string of the molecule is Cn1c(C2NC(C)(C)C(=O)N2CC(C)(C)C)nc2c1c(=O)[nH]c(=O)n2C. The Morgan fingerprint density at radius 1 is 1.12 bits per heavy atom. The van der Waals surface area contributed by atoms with Crippen LogP contribution in [0.25, 0.3) is 11.2 Å². The van der Waals surface area contributed by atoms with Crippen LogP contribution < -0.4 is 16.6 Å². The topological polar surface area (TPSA) is 105 Å². The maximum Gasteiger partial charge on any atom is 0.329 e. The molecule has 2 aromatic heterocycles. The van der Waals surface area contributed by atoms with E-state index in [4.69, 9.17) is 0 Å². The molecule has 2 aromatic rings. The number of rotatable bonds is 2. The normalized spacial score (nSPS) is 20.3. The number of aromatic amines is 1. The zero-order valence-corrected chi connectivity index (χ0v) is 16.3. The molecule has 142 valence electrons. The molecule has 1 saturated heterocycles. The predicted molar refractivity (Wildman–Crippen MR) is 97.7 cm³/mol. The van der Waals surface area contributed by atoms with Gasteiger partial charge < -0.3 is 9.47 Å². The average molecular weight is 362 g/mol. The van der Waals surface area contributed by atoms with Crippen LogP contribution in [0.5, 0.6) is 0 Å². The van der Waals surface area contributed by atoms with Gasteiger partial charge >= 0.3 is 5.69 Å². The summed E-state index contributed by atoms with van der Waals surface area (Å²) in [6, 6.07) is 0. The van der Waals surface area contributed by atoms with Crippen LogP contribution in [0.1, 0.15) is 46.6 Å². The number of hydrogen-bond donors (Lipinski definition) is 2. The lowest BCUT2D eigenvalue weighted by atomic mass is 9.95. The van der Waals surface area contributed by atoms with Gasteiger partial charge in [-0.25, -0.2) is 9.78 Å². The third-order valence-electron chi connectivity index (χ3n) is 4.66. The Balaban J connectivity index is 2.21. The van der Waals surface area contributed by atoms with Crippen molar-refractivity contribution in [2.45, 2.75) is 46.3 Å². The van der Waals surface area contributed by atoms with Gasteiger partial charge in [0.15, 0.2) is 11.2 Å². The van der Waals surface area contributed by atoms with E-state index >= 15 is 0 Å². The van der Waals surface area contributed by atoms with E-state index < -0.39 is 23.0 Å². The highest BCUT2D eigenvalue weighted by molar-refractivity contribution is 5.88. The Kier molecular flexibility index (Phi) is 3.91. The minimum Gasteiger partial charge on any atom is -0.322 e. The van der Waals surface area contributed by atoms with E-state index in [0.717, 1.165) is 0 Å². The molecule has 9 heteroatoms. The number of nitrogens with zero attached hydrogens (tertiary/aromatic N) is 4. The third-order valence-corrected chi connectivity index (χ3v) is 4.66. The van der Waals surface area contributed by atoms with Crippen molar-refractivity contribution in [1.29, 1.82) is 0 Å². The van der Waals surface area contributed by atoms with Crippen molar-refractivity contribution < 1.29 is 4.79 Å². The molecule has 1 amide bonds. The van der Waals surface area contributed by atoms with E-state index in [1.165, 1.54) is 4.57 Å². The molecule has 1 atom stereocenters. The number of aromatic nitrogens is 4. The second-order valence-electron chi connectivity index (χ2n) is 8.69. The van der Waals surface area contributed by atoms with Crippen molar-refractivity contribution >= 4 is 17.1 Å². The van der Waals surface area contributed by atoms with Crippen molar-refractivity contribution in [3.63, 3.8) is 0 Å². The zero-order chi connectivity index (χ0) is 19.6. The number of nitrogens with one attached hydrogen (secondary N) is 2. The maximum atomic E-state index is 12.9. The molecular weight excluding hydrogens is 336 g/mol. The van der Waals surface area contributed by atoms with Crippen LogP contribution >= 0.6 is 0 Å². The lowest BCUT2D eigenvalue weighted by Gasteiger charge is -2.30. The molecule has 0 radical (unpaired) electrons. The minimum absolute atomic E-state index is 0.0210. The first-order valence-electron chi connectivity index (χ1n) is 8.58. The molecule has 3 heterocycles. The maximum absolute atomic E-state index is 12.9. The lowest BCUT2D eigenvalue weighted by molar-refractivity contribution is -0.133. The Bertz CT molecular complexity index is 1000. The van der Waals surface area contributed by atoms with Crippen molar-refractivity contribution in [2.75, 3.05) is 6.54 Å². The van der Waals surface area contributed by atoms with Gasteiger partial charge in [-0.05, 0) is 19.3 Å². The van der Waals surface area contributed by atoms with E-state index in [1.807, 2.05) is 13.8 Å². The third kappa shape index (κ3) is 2.76. The highest BCUT2D eigenvalue weighted by atomic mass is 16.2. The van der Waals surface area contributed by atoms with Gasteiger partial charge in [-0.1, -0.05) is 20.8 Å². The standard InChI is InChI=1S/C17H26N6O3/c1-16(2,3)8-23-12(20-17(4,5)14(23)25)11-18-10-9(21(11)6)13(24)19-15(26)22(10)7/h12,20H,8H2,1-7H3,(H,19,24,26). The predicted octanol–water partition coefficient (Wildman–Crippen LogP) is 0.215. The number of aryl methyl sites for hydroxylation is 2. The summed E-state index contributed by atoms with van der Waals surface area (Å²) in [7, 11) is 3.28. The fourth-order valence-electron chi connectivity index (χ4n) is 3.41. The highest BCUT2D eigenvalue weighted by Gasteiger charge is 2.48. The van der Waals surface area contributed by atoms with Crippen LogP contribution in [0, 0.1) is 5.41 Å². The van der Waals surface area contributed by atoms with E-state index in [-0.39, 0.29) is 11.3 Å². The van der Waals surface area contributed by atoms with Gasteiger partial charge in [-0.2, -0.15) is 0 Å². The molecule has 1 aliphatic heterocycles. The molecule has 0 saturated carbocycles. The first kappa shape index (κ1) is 18.4. The summed E-state index contributed by atoms with van der Waals surface area (Å²) in [5.74, 6) is 0.502. The molecule has 1 unspecified atom stereocenters. The fourth-order valence-corrected chi connectivity index (χ4v) is 3.41. The van der Waals surface area contributed by atoms with Crippen molar-refractivity contribution in [3.05, 3.63) is 26.7 Å². The summed E-state index contributed by atoms with van der Waals surface area (Å²) in [6.45, 7) is 10.4. The summed E-state index contributed by atoms with van der Waals surface area (Å²) < 4.78 is 2.95. The molecule has 1 fully saturated rings. The van der Waals surface area contributed by atoms with E-state index in [1.54, 1.807) is 23.6 Å². The molecule has 1 aliphatic rings. The van der Waals surface area contributed by atoms with Crippen LogP contribution in [-0.4, -0.2) is 42.0 Å². The number of hydrogen-bond acceptors (Lipinski definition) is 5. The van der Waals surface area contributed by atoms with Crippen molar-refractivity contribution in [1.82, 2.24) is 29.3 Å². The fraction of sp³-hybridized carbons (Fsp3) is 0.647. The second-order valence-corrected chi connectivity index (χ2v) is 8.69. The Hall–Kier alpha value is -2.42. The monoisotopic (exact) mass is 362 g/mol. The quantitative estimate of drug-likeness (QED) is 0.795. The number of H-pyrrole nitrogens is 1. The van der Waals surface area contributed by atoms with Gasteiger partial charge in [0.1, 0.15) is 12.0 Å². The Labute approximate surface area is 151 Å². The van der Waals surface area contributed by atoms with Gasteiger partial charge in [0.25, 0.3) is 5.56 Å². The van der Waals surface area contributed by atoms with Gasteiger partial charge in [0.2, 0.25) is 5.91 Å². The smallest absolute Gasteiger partial charge is 0.322 e. The summed E-state index contributed by atoms with van der Waals surface area (Å²) in [5.41, 5.74) is -1.26. The summed E-state index contributed by atoms with van der Waals surface area (Å²) in [4.78, 5) is 45.7. The number of amides is 1. The zero-order valence-electron chi connectivity index (χ0n) is 16.3. The molecular formula is C17H26N6O3. The Morgan fingerprint density at radius 3 is 2.31 bits per heavy atom. The molecule has 0 bridgehead atoms. The molecule has 9 nitrogen and oxygen atoms in total. The van der Waals surface area contributed by atoms with Crippen LogP contribution in [0.4, 0.5) is 0 Å². The number of carbonyl (C=O) groups is 1. The van der Waals surface area contributed by atoms with Crippen molar-refractivity contribution in [3.8, 4) is 0 Å². The Morgan fingerprint density at radius 2 is 1.73 bits per heavy atom. The summed E-state index contributed by atoms with van der Waals surface area (Å²) in [6.07, 6.45) is -0.483. The lowest BCUT2D eigenvalue weighted by Crippen LogP contribution is -2.41. The van der Waals surface area contributed by atoms with Crippen LogP contribution in [0.2, 0.25) is 0 Å².